The van der Waals surface area contributed by atoms with E-state index in [2.05, 4.69) is 116 Å². The molecule has 1 aliphatic heterocycles. The van der Waals surface area contributed by atoms with E-state index in [0.29, 0.717) is 6.42 Å². The fourth-order valence-electron chi connectivity index (χ4n) is 9.59. The molecule has 1 aliphatic rings. The van der Waals surface area contributed by atoms with Gasteiger partial charge < -0.3 is 40.3 Å². The van der Waals surface area contributed by atoms with Crippen LogP contribution in [-0.2, 0) is 14.3 Å². The van der Waals surface area contributed by atoms with Gasteiger partial charge in [-0.05, 0) is 83.5 Å². The average molecular weight is 1090 g/mol. The summed E-state index contributed by atoms with van der Waals surface area (Å²) in [4.78, 5) is 13.1. The van der Waals surface area contributed by atoms with Crippen LogP contribution in [0.3, 0.4) is 0 Å². The monoisotopic (exact) mass is 1090 g/mol. The van der Waals surface area contributed by atoms with Gasteiger partial charge >= 0.3 is 0 Å². The van der Waals surface area contributed by atoms with Crippen molar-refractivity contribution in [1.82, 2.24) is 5.32 Å². The van der Waals surface area contributed by atoms with Crippen molar-refractivity contribution in [2.75, 3.05) is 13.2 Å². The molecule has 6 N–H and O–H groups in total. The molecule has 1 heterocycles. The zero-order valence-electron chi connectivity index (χ0n) is 49.9. The van der Waals surface area contributed by atoms with Crippen LogP contribution in [0.25, 0.3) is 0 Å². The molecule has 0 aromatic rings. The van der Waals surface area contributed by atoms with Crippen LogP contribution in [0.15, 0.2) is 109 Å². The molecule has 0 bridgehead atoms. The second-order valence-corrected chi connectivity index (χ2v) is 21.8. The maximum atomic E-state index is 13.1. The minimum atomic E-state index is -1.57. The first-order chi connectivity index (χ1) is 38.3. The number of carbonyl (C=O) groups is 1. The molecule has 9 heteroatoms. The predicted molar refractivity (Wildman–Crippen MR) is 331 cm³/mol. The van der Waals surface area contributed by atoms with Gasteiger partial charge in [-0.1, -0.05) is 284 Å². The Hall–Kier alpha value is -3.15. The summed E-state index contributed by atoms with van der Waals surface area (Å²) >= 11 is 0. The molecule has 0 aromatic carbocycles. The Morgan fingerprint density at radius 3 is 1.18 bits per heavy atom. The first kappa shape index (κ1) is 72.9. The highest BCUT2D eigenvalue weighted by Crippen LogP contribution is 2.23. The van der Waals surface area contributed by atoms with Crippen LogP contribution in [0.5, 0.6) is 0 Å². The van der Waals surface area contributed by atoms with Crippen molar-refractivity contribution in [3.8, 4) is 0 Å². The van der Waals surface area contributed by atoms with E-state index < -0.39 is 49.5 Å². The van der Waals surface area contributed by atoms with Gasteiger partial charge in [-0.25, -0.2) is 0 Å². The maximum Gasteiger partial charge on any atom is 0.220 e. The average Bonchev–Trinajstić information content (AvgIpc) is 3.45. The third-order valence-electron chi connectivity index (χ3n) is 14.6. The highest BCUT2D eigenvalue weighted by Gasteiger charge is 2.44. The molecule has 9 nitrogen and oxygen atoms in total. The molecule has 0 aliphatic carbocycles. The number of allylic oxidation sites excluding steroid dienone is 17. The minimum Gasteiger partial charge on any atom is -0.394 e. The predicted octanol–water partition coefficient (Wildman–Crippen LogP) is 16.9. The number of hydrogen-bond acceptors (Lipinski definition) is 8. The van der Waals surface area contributed by atoms with Gasteiger partial charge in [0.25, 0.3) is 0 Å². The second kappa shape index (κ2) is 57.1. The van der Waals surface area contributed by atoms with E-state index in [9.17, 15) is 30.3 Å². The molecule has 7 atom stereocenters. The van der Waals surface area contributed by atoms with Crippen molar-refractivity contribution in [3.63, 3.8) is 0 Å². The number of aliphatic hydroxyl groups excluding tert-OH is 5. The third-order valence-corrected chi connectivity index (χ3v) is 14.6. The highest BCUT2D eigenvalue weighted by molar-refractivity contribution is 5.76. The quantitative estimate of drug-likeness (QED) is 0.0261. The molecular formula is C69H119NO8. The largest absolute Gasteiger partial charge is 0.394 e. The molecule has 0 spiro atoms. The summed E-state index contributed by atoms with van der Waals surface area (Å²) in [6.45, 7) is 3.67. The lowest BCUT2D eigenvalue weighted by molar-refractivity contribution is -0.302. The molecule has 0 saturated carbocycles. The van der Waals surface area contributed by atoms with Crippen LogP contribution in [0.2, 0.25) is 0 Å². The van der Waals surface area contributed by atoms with Crippen LogP contribution >= 0.6 is 0 Å². The van der Waals surface area contributed by atoms with Crippen molar-refractivity contribution in [3.05, 3.63) is 109 Å². The maximum absolute atomic E-state index is 13.1. The molecule has 0 radical (unpaired) electrons. The van der Waals surface area contributed by atoms with Crippen molar-refractivity contribution >= 4 is 5.91 Å². The number of carbonyl (C=O) groups excluding carboxylic acids is 1. The summed E-state index contributed by atoms with van der Waals surface area (Å²) in [6.07, 6.45) is 77.3. The Kier molecular flexibility index (Phi) is 53.3. The van der Waals surface area contributed by atoms with Crippen LogP contribution in [0.4, 0.5) is 0 Å². The van der Waals surface area contributed by atoms with Crippen LogP contribution in [-0.4, -0.2) is 87.5 Å². The molecule has 1 amide bonds. The van der Waals surface area contributed by atoms with Crippen LogP contribution < -0.4 is 5.32 Å². The molecule has 0 aromatic heterocycles. The minimum absolute atomic E-state index is 0.181. The summed E-state index contributed by atoms with van der Waals surface area (Å²) in [6, 6.07) is -0.813. The molecule has 1 fully saturated rings. The van der Waals surface area contributed by atoms with Gasteiger partial charge in [0.1, 0.15) is 24.4 Å². The molecule has 448 valence electrons. The summed E-state index contributed by atoms with van der Waals surface area (Å²) in [5.74, 6) is -0.181. The second-order valence-electron chi connectivity index (χ2n) is 21.8. The van der Waals surface area contributed by atoms with Crippen molar-refractivity contribution in [2.24, 2.45) is 0 Å². The van der Waals surface area contributed by atoms with Crippen molar-refractivity contribution in [1.29, 1.82) is 0 Å². The lowest BCUT2D eigenvalue weighted by Crippen LogP contribution is -2.60. The number of nitrogens with one attached hydrogen (secondary N) is 1. The van der Waals surface area contributed by atoms with Gasteiger partial charge in [-0.15, -0.1) is 0 Å². The van der Waals surface area contributed by atoms with E-state index in [1.807, 2.05) is 6.08 Å². The molecule has 1 saturated heterocycles. The number of rotatable bonds is 54. The Labute approximate surface area is 478 Å². The van der Waals surface area contributed by atoms with Crippen LogP contribution in [0.1, 0.15) is 264 Å². The molecule has 78 heavy (non-hydrogen) atoms. The fraction of sp³-hybridized carbons (Fsp3) is 0.725. The number of unbranched alkanes of at least 4 members (excludes halogenated alkanes) is 28. The van der Waals surface area contributed by atoms with Crippen molar-refractivity contribution in [2.45, 2.75) is 307 Å². The summed E-state index contributed by atoms with van der Waals surface area (Å²) in [7, 11) is 0. The Balaban J connectivity index is 2.15. The van der Waals surface area contributed by atoms with E-state index in [-0.39, 0.29) is 12.5 Å². The number of aliphatic hydroxyl groups is 5. The summed E-state index contributed by atoms with van der Waals surface area (Å²) in [5.41, 5.74) is 0. The van der Waals surface area contributed by atoms with E-state index in [4.69, 9.17) is 9.47 Å². The Morgan fingerprint density at radius 1 is 0.449 bits per heavy atom. The topological polar surface area (TPSA) is 149 Å². The van der Waals surface area contributed by atoms with E-state index in [1.54, 1.807) is 6.08 Å². The Bertz CT molecular complexity index is 1590. The number of hydrogen-bond donors (Lipinski definition) is 6. The number of amides is 1. The first-order valence-corrected chi connectivity index (χ1v) is 32.1. The normalized spacial score (nSPS) is 19.4. The fourth-order valence-corrected chi connectivity index (χ4v) is 9.59. The van der Waals surface area contributed by atoms with Gasteiger partial charge in [-0.2, -0.15) is 0 Å². The van der Waals surface area contributed by atoms with E-state index >= 15 is 0 Å². The van der Waals surface area contributed by atoms with Gasteiger partial charge in [0, 0.05) is 6.42 Å². The smallest absolute Gasteiger partial charge is 0.220 e. The first-order valence-electron chi connectivity index (χ1n) is 32.1. The van der Waals surface area contributed by atoms with Gasteiger partial charge in [0.2, 0.25) is 5.91 Å². The highest BCUT2D eigenvalue weighted by atomic mass is 16.7. The third kappa shape index (κ3) is 45.6. The lowest BCUT2D eigenvalue weighted by atomic mass is 9.99. The number of ether oxygens (including phenoxy) is 2. The lowest BCUT2D eigenvalue weighted by Gasteiger charge is -2.40. The van der Waals surface area contributed by atoms with E-state index in [0.717, 1.165) is 89.9 Å². The zero-order valence-corrected chi connectivity index (χ0v) is 49.9. The SMILES string of the molecule is CC/C=C\C/C=C\C/C=C\C/C=C\C/C=C\C/C=C\C/C=C\C/C=C\CCCCCCCCCCCCCCC(=O)NC(COC1OC(CO)C(O)C(O)C1O)C(O)/C=C/CCCCCCCCCCCCCCCCCC. The van der Waals surface area contributed by atoms with E-state index in [1.165, 1.54) is 154 Å². The molecular weight excluding hydrogens is 971 g/mol. The Morgan fingerprint density at radius 2 is 0.795 bits per heavy atom. The van der Waals surface area contributed by atoms with Gasteiger partial charge in [0.15, 0.2) is 6.29 Å². The van der Waals surface area contributed by atoms with Crippen LogP contribution in [0, 0.1) is 0 Å². The van der Waals surface area contributed by atoms with Gasteiger partial charge in [0.05, 0.1) is 25.4 Å². The zero-order chi connectivity index (χ0) is 56.5. The van der Waals surface area contributed by atoms with Gasteiger partial charge in [-0.3, -0.25) is 4.79 Å². The standard InChI is InChI=1S/C69H119NO8/c1-3-5-7-9-11-13-15-17-19-21-23-24-25-26-27-28-29-30-31-32-33-34-35-36-37-38-39-40-41-43-45-47-49-51-53-55-57-59-65(73)70-62(61-77-69-68(76)67(75)66(74)64(60-71)78-69)63(72)58-56-54-52-50-48-46-44-42-22-20-18-16-14-12-10-8-6-4-2/h5,7,11,13,17,19,23-24,26-27,29-30,32-33,35-36,56,58,62-64,66-69,71-72,74-76H,3-4,6,8-10,12,14-16,18,20-22,25,28,31,34,37-55,57,59-61H2,1-2H3,(H,70,73)/b7-5-,13-11-,19-17-,24-23-,27-26-,30-29-,33-32-,36-35-,58-56+. The van der Waals surface area contributed by atoms with Crippen molar-refractivity contribution < 1.29 is 39.8 Å². The molecule has 7 unspecified atom stereocenters. The summed E-state index contributed by atoms with van der Waals surface area (Å²) in [5, 5.41) is 54.6. The summed E-state index contributed by atoms with van der Waals surface area (Å²) < 4.78 is 11.3. The molecule has 1 rings (SSSR count).